The fourth-order valence-corrected chi connectivity index (χ4v) is 4.62. The molecule has 0 saturated carbocycles. The molecule has 0 aromatic carbocycles. The van der Waals surface area contributed by atoms with Crippen LogP contribution in [0, 0.1) is 0 Å². The monoisotopic (exact) mass is 453 g/mol. The van der Waals surface area contributed by atoms with E-state index in [4.69, 9.17) is 9.97 Å². The Morgan fingerprint density at radius 3 is 2.71 bits per heavy atom. The fourth-order valence-electron chi connectivity index (χ4n) is 4.62. The van der Waals surface area contributed by atoms with Gasteiger partial charge in [-0.1, -0.05) is 6.92 Å². The van der Waals surface area contributed by atoms with Crippen molar-refractivity contribution in [1.29, 1.82) is 0 Å². The van der Waals surface area contributed by atoms with Gasteiger partial charge in [-0.15, -0.1) is 0 Å². The van der Waals surface area contributed by atoms with Crippen LogP contribution in [0.4, 0.5) is 5.69 Å². The van der Waals surface area contributed by atoms with E-state index >= 15 is 0 Å². The van der Waals surface area contributed by atoms with Crippen LogP contribution in [0.2, 0.25) is 0 Å². The second-order valence-electron chi connectivity index (χ2n) is 8.71. The third kappa shape index (κ3) is 3.77. The molecule has 1 fully saturated rings. The zero-order valence-corrected chi connectivity index (χ0v) is 19.2. The van der Waals surface area contributed by atoms with Gasteiger partial charge in [-0.05, 0) is 49.6 Å². The number of nitrogens with one attached hydrogen (secondary N) is 3. The number of anilines is 1. The molecule has 0 spiro atoms. The normalized spacial score (nSPS) is 14.3. The molecule has 1 aliphatic rings. The molecule has 0 unspecified atom stereocenters. The van der Waals surface area contributed by atoms with Gasteiger partial charge in [0.05, 0.1) is 34.8 Å². The summed E-state index contributed by atoms with van der Waals surface area (Å²) in [5.41, 5.74) is 8.23. The van der Waals surface area contributed by atoms with Crippen molar-refractivity contribution in [2.24, 2.45) is 0 Å². The Balaban J connectivity index is 1.40. The van der Waals surface area contributed by atoms with Crippen molar-refractivity contribution < 1.29 is 0 Å². The maximum Gasteiger partial charge on any atom is 0.161 e. The van der Waals surface area contributed by atoms with E-state index in [1.54, 1.807) is 0 Å². The summed E-state index contributed by atoms with van der Waals surface area (Å²) in [5, 5.41) is 11.0. The van der Waals surface area contributed by atoms with Gasteiger partial charge in [0, 0.05) is 37.6 Å². The van der Waals surface area contributed by atoms with Gasteiger partial charge < -0.3 is 15.2 Å². The van der Waals surface area contributed by atoms with E-state index in [1.807, 2.05) is 36.9 Å². The van der Waals surface area contributed by atoms with E-state index in [1.165, 1.54) is 19.3 Å². The number of hydrogen-bond donors (Lipinski definition) is 3. The molecule has 6 heterocycles. The number of aromatic amines is 2. The molecule has 0 bridgehead atoms. The molecular weight excluding hydrogens is 426 g/mol. The van der Waals surface area contributed by atoms with Crippen molar-refractivity contribution in [3.8, 4) is 22.8 Å². The molecule has 1 aliphatic heterocycles. The largest absolute Gasteiger partial charge is 0.368 e. The second kappa shape index (κ2) is 8.83. The molecule has 172 valence electrons. The molecule has 9 heteroatoms. The zero-order valence-electron chi connectivity index (χ0n) is 19.2. The van der Waals surface area contributed by atoms with Crippen LogP contribution >= 0.6 is 0 Å². The Morgan fingerprint density at radius 2 is 1.82 bits per heavy atom. The van der Waals surface area contributed by atoms with Crippen LogP contribution in [0.3, 0.4) is 0 Å². The predicted octanol–water partition coefficient (Wildman–Crippen LogP) is 4.06. The first-order chi connectivity index (χ1) is 16.8. The van der Waals surface area contributed by atoms with Gasteiger partial charge in [0.2, 0.25) is 0 Å². The van der Waals surface area contributed by atoms with Crippen molar-refractivity contribution >= 4 is 27.8 Å². The molecule has 3 N–H and O–H groups in total. The predicted molar refractivity (Wildman–Crippen MR) is 133 cm³/mol. The maximum atomic E-state index is 4.95. The molecule has 0 amide bonds. The lowest BCUT2D eigenvalue weighted by atomic mass is 10.1. The van der Waals surface area contributed by atoms with E-state index in [0.717, 1.165) is 70.8 Å². The molecule has 34 heavy (non-hydrogen) atoms. The maximum absolute atomic E-state index is 4.95. The van der Waals surface area contributed by atoms with Gasteiger partial charge in [-0.2, -0.15) is 5.10 Å². The molecular formula is C25H27N9. The summed E-state index contributed by atoms with van der Waals surface area (Å²) in [4.78, 5) is 24.6. The zero-order chi connectivity index (χ0) is 22.9. The lowest BCUT2D eigenvalue weighted by molar-refractivity contribution is 0.578. The highest BCUT2D eigenvalue weighted by Crippen LogP contribution is 2.31. The molecule has 1 saturated heterocycles. The van der Waals surface area contributed by atoms with Crippen molar-refractivity contribution in [3.05, 3.63) is 48.5 Å². The first-order valence-corrected chi connectivity index (χ1v) is 11.9. The molecule has 6 rings (SSSR count). The first kappa shape index (κ1) is 20.7. The smallest absolute Gasteiger partial charge is 0.161 e. The lowest BCUT2D eigenvalue weighted by Crippen LogP contribution is -2.29. The lowest BCUT2D eigenvalue weighted by Gasteiger charge is -2.28. The van der Waals surface area contributed by atoms with Crippen molar-refractivity contribution in [1.82, 2.24) is 40.4 Å². The standard InChI is InChI=1S/C25H27N9/c1-2-26-11-16-10-17(13-27-12-16)18-6-7-19-23(29-18)24(33-32-19)25-30-20-14-28-15-21(22(20)31-25)34-8-4-3-5-9-34/h6-7,10,12-15,26H,2-5,8-9,11H2,1H3,(H,30,31)(H,32,33). The molecule has 0 atom stereocenters. The third-order valence-corrected chi connectivity index (χ3v) is 6.37. The molecule has 9 nitrogen and oxygen atoms in total. The SMILES string of the molecule is CCNCc1cncc(-c2ccc3[nH]nc(-c4nc5c(N6CCCCC6)cncc5[nH]4)c3n2)c1. The van der Waals surface area contributed by atoms with Gasteiger partial charge in [0.25, 0.3) is 0 Å². The summed E-state index contributed by atoms with van der Waals surface area (Å²) < 4.78 is 0. The summed E-state index contributed by atoms with van der Waals surface area (Å²) in [6.07, 6.45) is 11.2. The number of rotatable bonds is 6. The quantitative estimate of drug-likeness (QED) is 0.355. The summed E-state index contributed by atoms with van der Waals surface area (Å²) in [7, 11) is 0. The van der Waals surface area contributed by atoms with Crippen LogP contribution in [0.25, 0.3) is 44.8 Å². The van der Waals surface area contributed by atoms with Crippen LogP contribution in [0.1, 0.15) is 31.7 Å². The molecule has 0 radical (unpaired) electrons. The number of pyridine rings is 3. The van der Waals surface area contributed by atoms with E-state index in [9.17, 15) is 0 Å². The van der Waals surface area contributed by atoms with Gasteiger partial charge in [-0.3, -0.25) is 15.1 Å². The average molecular weight is 454 g/mol. The van der Waals surface area contributed by atoms with E-state index < -0.39 is 0 Å². The third-order valence-electron chi connectivity index (χ3n) is 6.37. The van der Waals surface area contributed by atoms with E-state index in [0.29, 0.717) is 11.5 Å². The van der Waals surface area contributed by atoms with Gasteiger partial charge in [0.1, 0.15) is 11.0 Å². The van der Waals surface area contributed by atoms with Crippen molar-refractivity contribution in [3.63, 3.8) is 0 Å². The van der Waals surface area contributed by atoms with Gasteiger partial charge >= 0.3 is 0 Å². The first-order valence-electron chi connectivity index (χ1n) is 11.9. The number of H-pyrrole nitrogens is 2. The number of aromatic nitrogens is 7. The minimum atomic E-state index is 0.691. The summed E-state index contributed by atoms with van der Waals surface area (Å²) in [5.74, 6) is 0.691. The van der Waals surface area contributed by atoms with Crippen LogP contribution < -0.4 is 10.2 Å². The highest BCUT2D eigenvalue weighted by Gasteiger charge is 2.19. The Hall–Kier alpha value is -3.85. The summed E-state index contributed by atoms with van der Waals surface area (Å²) >= 11 is 0. The molecule has 0 aliphatic carbocycles. The van der Waals surface area contributed by atoms with Gasteiger partial charge in [-0.25, -0.2) is 9.97 Å². The fraction of sp³-hybridized carbons (Fsp3) is 0.320. The van der Waals surface area contributed by atoms with Crippen LogP contribution in [-0.2, 0) is 6.54 Å². The number of nitrogens with zero attached hydrogens (tertiary/aromatic N) is 6. The highest BCUT2D eigenvalue weighted by atomic mass is 15.2. The Kier molecular flexibility index (Phi) is 5.38. The minimum absolute atomic E-state index is 0.691. The molecule has 5 aromatic rings. The number of fused-ring (bicyclic) bond motifs is 2. The van der Waals surface area contributed by atoms with E-state index in [2.05, 4.69) is 48.4 Å². The van der Waals surface area contributed by atoms with Gasteiger partial charge in [0.15, 0.2) is 11.5 Å². The Bertz CT molecular complexity index is 1450. The average Bonchev–Trinajstić information content (AvgIpc) is 3.51. The number of hydrogen-bond acceptors (Lipinski definition) is 7. The minimum Gasteiger partial charge on any atom is -0.368 e. The van der Waals surface area contributed by atoms with Crippen LogP contribution in [0.15, 0.2) is 43.0 Å². The summed E-state index contributed by atoms with van der Waals surface area (Å²) in [6, 6.07) is 6.13. The van der Waals surface area contributed by atoms with Crippen molar-refractivity contribution in [2.45, 2.75) is 32.7 Å². The van der Waals surface area contributed by atoms with Crippen LogP contribution in [-0.4, -0.2) is 54.8 Å². The Labute approximate surface area is 197 Å². The molecule has 5 aromatic heterocycles. The highest BCUT2D eigenvalue weighted by molar-refractivity contribution is 5.94. The van der Waals surface area contributed by atoms with Crippen LogP contribution in [0.5, 0.6) is 0 Å². The second-order valence-corrected chi connectivity index (χ2v) is 8.71. The van der Waals surface area contributed by atoms with E-state index in [-0.39, 0.29) is 0 Å². The number of piperidine rings is 1. The number of imidazole rings is 1. The van der Waals surface area contributed by atoms with Crippen molar-refractivity contribution in [2.75, 3.05) is 24.5 Å². The topological polar surface area (TPSA) is 111 Å². The summed E-state index contributed by atoms with van der Waals surface area (Å²) in [6.45, 7) is 5.87. The Morgan fingerprint density at radius 1 is 0.941 bits per heavy atom.